The summed E-state index contributed by atoms with van der Waals surface area (Å²) < 4.78 is 28.3. The van der Waals surface area contributed by atoms with Crippen molar-refractivity contribution >= 4 is 15.8 Å². The summed E-state index contributed by atoms with van der Waals surface area (Å²) in [6.07, 6.45) is 8.21. The van der Waals surface area contributed by atoms with Crippen LogP contribution in [0.4, 0.5) is 5.82 Å². The number of nitrogen functional groups attached to an aromatic ring is 1. The van der Waals surface area contributed by atoms with Gasteiger partial charge in [-0.3, -0.25) is 4.68 Å². The van der Waals surface area contributed by atoms with E-state index < -0.39 is 10.0 Å². The molecule has 0 radical (unpaired) electrons. The number of nitrogens with zero attached hydrogens (tertiary/aromatic N) is 2. The second-order valence-electron chi connectivity index (χ2n) is 4.90. The molecule has 1 heterocycles. The van der Waals surface area contributed by atoms with Crippen molar-refractivity contribution in [3.05, 3.63) is 6.20 Å². The molecule has 20 heavy (non-hydrogen) atoms. The lowest BCUT2D eigenvalue weighted by molar-refractivity contribution is 0.567. The van der Waals surface area contributed by atoms with Crippen molar-refractivity contribution in [2.75, 3.05) is 12.3 Å². The van der Waals surface area contributed by atoms with Crippen LogP contribution in [0.15, 0.2) is 11.1 Å². The first-order chi connectivity index (χ1) is 9.51. The average molecular weight is 302 g/mol. The first-order valence-electron chi connectivity index (χ1n) is 7.33. The Morgan fingerprint density at radius 2 is 1.85 bits per heavy atom. The molecule has 0 saturated heterocycles. The highest BCUT2D eigenvalue weighted by molar-refractivity contribution is 7.89. The van der Waals surface area contributed by atoms with E-state index in [4.69, 9.17) is 5.73 Å². The molecular formula is C13H26N4O2S. The third-order valence-corrected chi connectivity index (χ3v) is 4.67. The van der Waals surface area contributed by atoms with E-state index >= 15 is 0 Å². The van der Waals surface area contributed by atoms with Crippen LogP contribution in [-0.4, -0.2) is 24.7 Å². The molecule has 6 nitrogen and oxygen atoms in total. The largest absolute Gasteiger partial charge is 0.381 e. The van der Waals surface area contributed by atoms with Crippen LogP contribution in [0.1, 0.15) is 52.4 Å². The third kappa shape index (κ3) is 5.13. The van der Waals surface area contributed by atoms with Crippen LogP contribution in [-0.2, 0) is 16.6 Å². The van der Waals surface area contributed by atoms with E-state index in [1.165, 1.54) is 30.1 Å². The number of sulfonamides is 1. The minimum atomic E-state index is -3.54. The Labute approximate surface area is 121 Å². The zero-order valence-electron chi connectivity index (χ0n) is 12.4. The molecule has 1 aromatic rings. The SMILES string of the molecule is CCCCCCCCNS(=O)(=O)c1cn(CC)nc1N. The van der Waals surface area contributed by atoms with Gasteiger partial charge in [-0.15, -0.1) is 0 Å². The number of hydrogen-bond donors (Lipinski definition) is 2. The van der Waals surface area contributed by atoms with Crippen molar-refractivity contribution in [3.63, 3.8) is 0 Å². The van der Waals surface area contributed by atoms with E-state index in [1.54, 1.807) is 0 Å². The second-order valence-corrected chi connectivity index (χ2v) is 6.64. The summed E-state index contributed by atoms with van der Waals surface area (Å²) >= 11 is 0. The molecule has 3 N–H and O–H groups in total. The van der Waals surface area contributed by atoms with Crippen molar-refractivity contribution in [3.8, 4) is 0 Å². The van der Waals surface area contributed by atoms with Crippen LogP contribution in [0, 0.1) is 0 Å². The summed E-state index contributed by atoms with van der Waals surface area (Å²) in [6, 6.07) is 0. The summed E-state index contributed by atoms with van der Waals surface area (Å²) in [5, 5.41) is 3.95. The third-order valence-electron chi connectivity index (χ3n) is 3.19. The van der Waals surface area contributed by atoms with Gasteiger partial charge < -0.3 is 5.73 Å². The highest BCUT2D eigenvalue weighted by Crippen LogP contribution is 2.16. The standard InChI is InChI=1S/C13H26N4O2S/c1-3-5-6-7-8-9-10-15-20(18,19)12-11-17(4-2)16-13(12)14/h11,15H,3-10H2,1-2H3,(H2,14,16). The van der Waals surface area contributed by atoms with Gasteiger partial charge in [0.05, 0.1) is 0 Å². The fourth-order valence-electron chi connectivity index (χ4n) is 1.98. The second kappa shape index (κ2) is 8.26. The first-order valence-corrected chi connectivity index (χ1v) is 8.82. The summed E-state index contributed by atoms with van der Waals surface area (Å²) in [7, 11) is -3.54. The Morgan fingerprint density at radius 1 is 1.20 bits per heavy atom. The van der Waals surface area contributed by atoms with Crippen LogP contribution >= 0.6 is 0 Å². The van der Waals surface area contributed by atoms with Gasteiger partial charge in [-0.25, -0.2) is 13.1 Å². The molecule has 0 saturated carbocycles. The summed E-state index contributed by atoms with van der Waals surface area (Å²) in [6.45, 7) is 5.10. The van der Waals surface area contributed by atoms with Gasteiger partial charge in [0, 0.05) is 19.3 Å². The van der Waals surface area contributed by atoms with Crippen molar-refractivity contribution in [2.24, 2.45) is 0 Å². The Morgan fingerprint density at radius 3 is 2.45 bits per heavy atom. The Balaban J connectivity index is 2.40. The van der Waals surface area contributed by atoms with E-state index in [-0.39, 0.29) is 10.7 Å². The number of aromatic nitrogens is 2. The van der Waals surface area contributed by atoms with Gasteiger partial charge in [-0.05, 0) is 13.3 Å². The molecule has 0 aromatic carbocycles. The molecule has 1 aromatic heterocycles. The molecule has 0 aliphatic rings. The van der Waals surface area contributed by atoms with E-state index in [0.717, 1.165) is 19.3 Å². The first kappa shape index (κ1) is 17.0. The number of rotatable bonds is 10. The van der Waals surface area contributed by atoms with Crippen LogP contribution < -0.4 is 10.5 Å². The lowest BCUT2D eigenvalue weighted by Gasteiger charge is -2.05. The van der Waals surface area contributed by atoms with Gasteiger partial charge in [-0.2, -0.15) is 5.10 Å². The molecule has 0 aliphatic heterocycles. The minimum Gasteiger partial charge on any atom is -0.381 e. The van der Waals surface area contributed by atoms with Gasteiger partial charge in [-0.1, -0.05) is 39.0 Å². The molecule has 0 fully saturated rings. The molecule has 0 spiro atoms. The van der Waals surface area contributed by atoms with Crippen molar-refractivity contribution in [2.45, 2.75) is 63.8 Å². The average Bonchev–Trinajstić information content (AvgIpc) is 2.80. The molecule has 0 atom stereocenters. The highest BCUT2D eigenvalue weighted by Gasteiger charge is 2.20. The van der Waals surface area contributed by atoms with Crippen LogP contribution in [0.2, 0.25) is 0 Å². The minimum absolute atomic E-state index is 0.0577. The van der Waals surface area contributed by atoms with Crippen molar-refractivity contribution < 1.29 is 8.42 Å². The lowest BCUT2D eigenvalue weighted by atomic mass is 10.1. The number of nitrogens with two attached hydrogens (primary N) is 1. The van der Waals surface area contributed by atoms with Gasteiger partial charge in [0.2, 0.25) is 10.0 Å². The van der Waals surface area contributed by atoms with Crippen LogP contribution in [0.5, 0.6) is 0 Å². The van der Waals surface area contributed by atoms with Crippen molar-refractivity contribution in [1.82, 2.24) is 14.5 Å². The maximum absolute atomic E-state index is 12.1. The van der Waals surface area contributed by atoms with E-state index in [2.05, 4.69) is 16.7 Å². The topological polar surface area (TPSA) is 90.0 Å². The molecule has 0 unspecified atom stereocenters. The quantitative estimate of drug-likeness (QED) is 0.648. The van der Waals surface area contributed by atoms with Crippen LogP contribution in [0.25, 0.3) is 0 Å². The fourth-order valence-corrected chi connectivity index (χ4v) is 3.12. The summed E-state index contributed by atoms with van der Waals surface area (Å²) in [4.78, 5) is 0.0744. The highest BCUT2D eigenvalue weighted by atomic mass is 32.2. The molecule has 0 amide bonds. The predicted molar refractivity (Wildman–Crippen MR) is 80.9 cm³/mol. The Kier molecular flexibility index (Phi) is 7.01. The Hall–Kier alpha value is -1.08. The number of anilines is 1. The van der Waals surface area contributed by atoms with Gasteiger partial charge in [0.25, 0.3) is 0 Å². The fraction of sp³-hybridized carbons (Fsp3) is 0.769. The van der Waals surface area contributed by atoms with Crippen molar-refractivity contribution in [1.29, 1.82) is 0 Å². The summed E-state index contributed by atoms with van der Waals surface area (Å²) in [5.41, 5.74) is 5.64. The lowest BCUT2D eigenvalue weighted by Crippen LogP contribution is -2.25. The molecule has 116 valence electrons. The van der Waals surface area contributed by atoms with E-state index in [1.807, 2.05) is 6.92 Å². The molecule has 0 aliphatic carbocycles. The van der Waals surface area contributed by atoms with Gasteiger partial charge >= 0.3 is 0 Å². The molecule has 1 rings (SSSR count). The molecule has 0 bridgehead atoms. The van der Waals surface area contributed by atoms with Gasteiger partial charge in [0.1, 0.15) is 4.90 Å². The number of unbranched alkanes of at least 4 members (excludes halogenated alkanes) is 5. The molecular weight excluding hydrogens is 276 g/mol. The maximum atomic E-state index is 12.1. The van der Waals surface area contributed by atoms with E-state index in [0.29, 0.717) is 13.1 Å². The number of aryl methyl sites for hydroxylation is 1. The molecule has 7 heteroatoms. The van der Waals surface area contributed by atoms with E-state index in [9.17, 15) is 8.42 Å². The number of nitrogens with one attached hydrogen (secondary N) is 1. The maximum Gasteiger partial charge on any atom is 0.245 e. The Bertz CT molecular complexity index is 496. The number of hydrogen-bond acceptors (Lipinski definition) is 4. The zero-order chi connectivity index (χ0) is 15.0. The monoisotopic (exact) mass is 302 g/mol. The zero-order valence-corrected chi connectivity index (χ0v) is 13.2. The predicted octanol–water partition coefficient (Wildman–Crippen LogP) is 2.12. The van der Waals surface area contributed by atoms with Gasteiger partial charge in [0.15, 0.2) is 5.82 Å². The smallest absolute Gasteiger partial charge is 0.245 e. The normalized spacial score (nSPS) is 11.9. The van der Waals surface area contributed by atoms with Crippen LogP contribution in [0.3, 0.4) is 0 Å². The summed E-state index contributed by atoms with van der Waals surface area (Å²) in [5.74, 6) is 0.0577.